The highest BCUT2D eigenvalue weighted by atomic mass is 79.9. The number of dihydropyridines is 1. The molecule has 3 aromatic rings. The Morgan fingerprint density at radius 3 is 2.32 bits per heavy atom. The van der Waals surface area contributed by atoms with Gasteiger partial charge in [-0.2, -0.15) is 5.26 Å². The van der Waals surface area contributed by atoms with E-state index in [9.17, 15) is 14.9 Å². The SMILES string of the molecule is CC1=C(C(=O)Nc2ccccc2)C(c2ccccc2Cl)C(C#N)=C(SCC(=O)Nc2ccc(Br)cc2)N1. The fourth-order valence-corrected chi connectivity index (χ4v) is 5.34. The number of nitrogens with one attached hydrogen (secondary N) is 3. The molecule has 0 aliphatic carbocycles. The van der Waals surface area contributed by atoms with Crippen molar-refractivity contribution >= 4 is 62.5 Å². The van der Waals surface area contributed by atoms with Crippen LogP contribution in [0.5, 0.6) is 0 Å². The quantitative estimate of drug-likeness (QED) is 0.280. The lowest BCUT2D eigenvalue weighted by atomic mass is 9.82. The minimum Gasteiger partial charge on any atom is -0.353 e. The van der Waals surface area contributed by atoms with Crippen LogP contribution in [-0.2, 0) is 9.59 Å². The molecule has 1 unspecified atom stereocenters. The molecule has 2 amide bonds. The standard InChI is InChI=1S/C28H22BrClN4O2S/c1-17-25(27(36)34-19-7-3-2-4-8-19)26(21-9-5-6-10-23(21)30)22(15-31)28(32-17)37-16-24(35)33-20-13-11-18(29)12-14-20/h2-14,26,32H,16H2,1H3,(H,33,35)(H,34,36). The molecular weight excluding hydrogens is 572 g/mol. The molecule has 0 spiro atoms. The fourth-order valence-electron chi connectivity index (χ4n) is 3.94. The zero-order valence-electron chi connectivity index (χ0n) is 19.7. The highest BCUT2D eigenvalue weighted by Crippen LogP contribution is 2.43. The number of nitrogens with zero attached hydrogens (tertiary/aromatic N) is 1. The maximum Gasteiger partial charge on any atom is 0.254 e. The minimum atomic E-state index is -0.708. The van der Waals surface area contributed by atoms with Crippen molar-refractivity contribution in [2.45, 2.75) is 12.8 Å². The number of nitriles is 1. The summed E-state index contributed by atoms with van der Waals surface area (Å²) in [7, 11) is 0. The van der Waals surface area contributed by atoms with E-state index in [-0.39, 0.29) is 17.6 Å². The van der Waals surface area contributed by atoms with Crippen LogP contribution < -0.4 is 16.0 Å². The maximum absolute atomic E-state index is 13.5. The highest BCUT2D eigenvalue weighted by molar-refractivity contribution is 9.10. The van der Waals surface area contributed by atoms with Crippen LogP contribution in [0.2, 0.25) is 5.02 Å². The molecule has 3 aromatic carbocycles. The molecule has 37 heavy (non-hydrogen) atoms. The van der Waals surface area contributed by atoms with Gasteiger partial charge >= 0.3 is 0 Å². The predicted molar refractivity (Wildman–Crippen MR) is 153 cm³/mol. The van der Waals surface area contributed by atoms with Crippen molar-refractivity contribution in [2.24, 2.45) is 0 Å². The zero-order chi connectivity index (χ0) is 26.4. The monoisotopic (exact) mass is 592 g/mol. The summed E-state index contributed by atoms with van der Waals surface area (Å²) in [5.74, 6) is -1.20. The van der Waals surface area contributed by atoms with Crippen molar-refractivity contribution in [1.29, 1.82) is 5.26 Å². The van der Waals surface area contributed by atoms with Crippen LogP contribution in [0.3, 0.4) is 0 Å². The summed E-state index contributed by atoms with van der Waals surface area (Å²) in [5, 5.41) is 20.1. The van der Waals surface area contributed by atoms with E-state index < -0.39 is 5.92 Å². The molecule has 1 heterocycles. The van der Waals surface area contributed by atoms with Gasteiger partial charge in [-0.25, -0.2) is 0 Å². The van der Waals surface area contributed by atoms with Gasteiger partial charge in [0, 0.05) is 32.1 Å². The molecule has 186 valence electrons. The predicted octanol–water partition coefficient (Wildman–Crippen LogP) is 6.81. The van der Waals surface area contributed by atoms with Crippen LogP contribution in [0.25, 0.3) is 0 Å². The van der Waals surface area contributed by atoms with Crippen LogP contribution in [0.4, 0.5) is 11.4 Å². The van der Waals surface area contributed by atoms with Crippen LogP contribution in [-0.4, -0.2) is 17.6 Å². The first-order valence-corrected chi connectivity index (χ1v) is 13.4. The molecule has 1 aliphatic rings. The second kappa shape index (κ2) is 12.2. The fraction of sp³-hybridized carbons (Fsp3) is 0.107. The maximum atomic E-state index is 13.5. The number of halogens is 2. The van der Waals surface area contributed by atoms with Crippen molar-refractivity contribution in [2.75, 3.05) is 16.4 Å². The Balaban J connectivity index is 1.63. The van der Waals surface area contributed by atoms with Gasteiger partial charge in [-0.15, -0.1) is 0 Å². The molecule has 0 saturated carbocycles. The average Bonchev–Trinajstić information content (AvgIpc) is 2.89. The summed E-state index contributed by atoms with van der Waals surface area (Å²) in [6.07, 6.45) is 0. The summed E-state index contributed by atoms with van der Waals surface area (Å²) in [6.45, 7) is 1.78. The summed E-state index contributed by atoms with van der Waals surface area (Å²) < 4.78 is 0.912. The van der Waals surface area contributed by atoms with Gasteiger partial charge in [-0.3, -0.25) is 9.59 Å². The number of carbonyl (C=O) groups is 2. The number of thioether (sulfide) groups is 1. The molecule has 0 saturated heterocycles. The van der Waals surface area contributed by atoms with E-state index in [1.807, 2.05) is 36.4 Å². The number of hydrogen-bond acceptors (Lipinski definition) is 5. The number of benzene rings is 3. The van der Waals surface area contributed by atoms with Crippen molar-refractivity contribution in [3.05, 3.63) is 116 Å². The van der Waals surface area contributed by atoms with Crippen molar-refractivity contribution in [3.63, 3.8) is 0 Å². The van der Waals surface area contributed by atoms with E-state index in [1.165, 1.54) is 11.8 Å². The smallest absolute Gasteiger partial charge is 0.254 e. The third kappa shape index (κ3) is 6.44. The van der Waals surface area contributed by atoms with Crippen LogP contribution in [0, 0.1) is 11.3 Å². The van der Waals surface area contributed by atoms with Crippen molar-refractivity contribution in [3.8, 4) is 6.07 Å². The number of para-hydroxylation sites is 1. The first-order chi connectivity index (χ1) is 17.9. The third-order valence-corrected chi connectivity index (χ3v) is 7.51. The molecule has 0 aromatic heterocycles. The van der Waals surface area contributed by atoms with Gasteiger partial charge in [0.05, 0.1) is 28.3 Å². The Hall–Kier alpha value is -3.51. The zero-order valence-corrected chi connectivity index (χ0v) is 22.9. The van der Waals surface area contributed by atoms with Gasteiger partial charge in [0.25, 0.3) is 5.91 Å². The number of hydrogen-bond donors (Lipinski definition) is 3. The molecule has 0 radical (unpaired) electrons. The molecule has 3 N–H and O–H groups in total. The van der Waals surface area contributed by atoms with Gasteiger partial charge in [0.1, 0.15) is 0 Å². The lowest BCUT2D eigenvalue weighted by Crippen LogP contribution is -2.31. The van der Waals surface area contributed by atoms with Crippen molar-refractivity contribution < 1.29 is 9.59 Å². The normalized spacial score (nSPS) is 15.0. The molecule has 0 bridgehead atoms. The van der Waals surface area contributed by atoms with Gasteiger partial charge in [-0.05, 0) is 55.0 Å². The number of amides is 2. The first kappa shape index (κ1) is 26.6. The van der Waals surface area contributed by atoms with Gasteiger partial charge in [0.15, 0.2) is 0 Å². The second-order valence-electron chi connectivity index (χ2n) is 8.14. The Labute approximate surface area is 232 Å². The highest BCUT2D eigenvalue weighted by Gasteiger charge is 2.35. The van der Waals surface area contributed by atoms with Crippen molar-refractivity contribution in [1.82, 2.24) is 5.32 Å². The summed E-state index contributed by atoms with van der Waals surface area (Å²) in [4.78, 5) is 26.1. The van der Waals surface area contributed by atoms with Crippen LogP contribution in [0.15, 0.2) is 105 Å². The van der Waals surface area contributed by atoms with E-state index in [0.717, 1.165) is 4.47 Å². The molecule has 6 nitrogen and oxygen atoms in total. The van der Waals surface area contributed by atoms with E-state index in [2.05, 4.69) is 37.9 Å². The average molecular weight is 594 g/mol. The minimum absolute atomic E-state index is 0.0671. The van der Waals surface area contributed by atoms with Crippen LogP contribution >= 0.6 is 39.3 Å². The second-order valence-corrected chi connectivity index (χ2v) is 10.4. The van der Waals surface area contributed by atoms with Gasteiger partial charge in [-0.1, -0.05) is 75.7 Å². The number of carbonyl (C=O) groups excluding carboxylic acids is 2. The Morgan fingerprint density at radius 2 is 1.65 bits per heavy atom. The molecular formula is C28H22BrClN4O2S. The summed E-state index contributed by atoms with van der Waals surface area (Å²) in [6, 6.07) is 25.8. The lowest BCUT2D eigenvalue weighted by molar-refractivity contribution is -0.114. The lowest BCUT2D eigenvalue weighted by Gasteiger charge is -2.30. The summed E-state index contributed by atoms with van der Waals surface area (Å²) >= 11 is 11.1. The van der Waals surface area contributed by atoms with Crippen LogP contribution in [0.1, 0.15) is 18.4 Å². The van der Waals surface area contributed by atoms with E-state index in [0.29, 0.717) is 43.8 Å². The Kier molecular flexibility index (Phi) is 8.72. The number of allylic oxidation sites excluding steroid dienone is 2. The van der Waals surface area contributed by atoms with E-state index in [4.69, 9.17) is 11.6 Å². The Bertz CT molecular complexity index is 1430. The molecule has 0 fully saturated rings. The van der Waals surface area contributed by atoms with Gasteiger partial charge < -0.3 is 16.0 Å². The molecule has 1 atom stereocenters. The first-order valence-electron chi connectivity index (χ1n) is 11.3. The number of anilines is 2. The molecule has 1 aliphatic heterocycles. The topological polar surface area (TPSA) is 94.0 Å². The largest absolute Gasteiger partial charge is 0.353 e. The summed E-state index contributed by atoms with van der Waals surface area (Å²) in [5.41, 5.74) is 3.23. The molecule has 4 rings (SSSR count). The Morgan fingerprint density at radius 1 is 1.00 bits per heavy atom. The third-order valence-electron chi connectivity index (χ3n) is 5.62. The number of rotatable bonds is 7. The van der Waals surface area contributed by atoms with Gasteiger partial charge in [0.2, 0.25) is 5.91 Å². The molecule has 9 heteroatoms. The van der Waals surface area contributed by atoms with E-state index in [1.54, 1.807) is 49.4 Å². The van der Waals surface area contributed by atoms with E-state index >= 15 is 0 Å².